The number of benzene rings is 1. The van der Waals surface area contributed by atoms with Crippen LogP contribution in [0.3, 0.4) is 0 Å². The second-order valence-corrected chi connectivity index (χ2v) is 7.49. The van der Waals surface area contributed by atoms with Crippen LogP contribution in [-0.2, 0) is 6.42 Å². The molecule has 0 heterocycles. The van der Waals surface area contributed by atoms with Gasteiger partial charge < -0.3 is 5.73 Å². The molecule has 0 saturated heterocycles. The van der Waals surface area contributed by atoms with E-state index in [0.717, 1.165) is 22.0 Å². The Bertz CT molecular complexity index is 430. The Balaban J connectivity index is 2.19. The van der Waals surface area contributed by atoms with Crippen molar-refractivity contribution < 1.29 is 0 Å². The lowest BCUT2D eigenvalue weighted by molar-refractivity contribution is 0.181. The Morgan fingerprint density at radius 2 is 1.70 bits per heavy atom. The molecule has 20 heavy (non-hydrogen) atoms. The lowest BCUT2D eigenvalue weighted by atomic mass is 9.71. The van der Waals surface area contributed by atoms with Gasteiger partial charge in [-0.2, -0.15) is 0 Å². The number of halogens is 2. The van der Waals surface area contributed by atoms with Gasteiger partial charge in [-0.15, -0.1) is 0 Å². The van der Waals surface area contributed by atoms with Crippen molar-refractivity contribution in [3.05, 3.63) is 33.8 Å². The van der Waals surface area contributed by atoms with Gasteiger partial charge in [-0.1, -0.05) is 56.0 Å². The lowest BCUT2D eigenvalue weighted by Gasteiger charge is -2.37. The van der Waals surface area contributed by atoms with E-state index in [0.29, 0.717) is 5.92 Å². The molecule has 3 heteroatoms. The van der Waals surface area contributed by atoms with Gasteiger partial charge in [-0.25, -0.2) is 0 Å². The van der Waals surface area contributed by atoms with Gasteiger partial charge in [0.15, 0.2) is 0 Å². The molecule has 0 amide bonds. The topological polar surface area (TPSA) is 26.0 Å². The van der Waals surface area contributed by atoms with Gasteiger partial charge in [0, 0.05) is 16.1 Å². The van der Waals surface area contributed by atoms with Crippen molar-refractivity contribution >= 4 is 23.2 Å². The molecule has 0 bridgehead atoms. The third kappa shape index (κ3) is 3.50. The maximum absolute atomic E-state index is 6.61. The van der Waals surface area contributed by atoms with Crippen LogP contribution in [0, 0.1) is 11.3 Å². The second kappa shape index (κ2) is 6.68. The molecule has 1 aliphatic rings. The van der Waals surface area contributed by atoms with Gasteiger partial charge in [0.2, 0.25) is 0 Å². The smallest absolute Gasteiger partial charge is 0.0453 e. The highest BCUT2D eigenvalue weighted by Gasteiger charge is 2.40. The van der Waals surface area contributed by atoms with Gasteiger partial charge in [0.05, 0.1) is 0 Å². The summed E-state index contributed by atoms with van der Waals surface area (Å²) in [6.45, 7) is 4.57. The zero-order chi connectivity index (χ0) is 14.8. The molecule has 1 aromatic carbocycles. The predicted molar refractivity (Wildman–Crippen MR) is 88.5 cm³/mol. The molecule has 2 N–H and O–H groups in total. The van der Waals surface area contributed by atoms with Crippen LogP contribution in [0.5, 0.6) is 0 Å². The van der Waals surface area contributed by atoms with E-state index in [1.54, 1.807) is 0 Å². The van der Waals surface area contributed by atoms with Crippen LogP contribution in [0.15, 0.2) is 18.2 Å². The summed E-state index contributed by atoms with van der Waals surface area (Å²) in [6.07, 6.45) is 7.08. The highest BCUT2D eigenvalue weighted by atomic mass is 35.5. The summed E-state index contributed by atoms with van der Waals surface area (Å²) in [4.78, 5) is 0. The van der Waals surface area contributed by atoms with Crippen LogP contribution in [0.25, 0.3) is 0 Å². The Morgan fingerprint density at radius 1 is 1.15 bits per heavy atom. The van der Waals surface area contributed by atoms with Crippen LogP contribution < -0.4 is 5.73 Å². The van der Waals surface area contributed by atoms with E-state index in [9.17, 15) is 0 Å². The van der Waals surface area contributed by atoms with E-state index >= 15 is 0 Å². The molecule has 1 atom stereocenters. The fraction of sp³-hybridized carbons (Fsp3) is 0.647. The molecule has 2 rings (SSSR count). The van der Waals surface area contributed by atoms with Crippen LogP contribution in [0.1, 0.15) is 51.5 Å². The molecule has 1 saturated carbocycles. The van der Waals surface area contributed by atoms with Crippen molar-refractivity contribution in [2.75, 3.05) is 0 Å². The summed E-state index contributed by atoms with van der Waals surface area (Å²) in [5.74, 6) is 0.681. The van der Waals surface area contributed by atoms with Gasteiger partial charge in [0.1, 0.15) is 0 Å². The summed E-state index contributed by atoms with van der Waals surface area (Å²) in [5.41, 5.74) is 7.90. The van der Waals surface area contributed by atoms with E-state index in [1.165, 1.54) is 32.1 Å². The average Bonchev–Trinajstić information content (AvgIpc) is 2.82. The van der Waals surface area contributed by atoms with Gasteiger partial charge >= 0.3 is 0 Å². The maximum atomic E-state index is 6.61. The Labute approximate surface area is 132 Å². The summed E-state index contributed by atoms with van der Waals surface area (Å²) < 4.78 is 0. The number of nitrogens with two attached hydrogens (primary N) is 1. The molecule has 1 aliphatic carbocycles. The Hall–Kier alpha value is -0.240. The molecule has 0 aromatic heterocycles. The zero-order valence-electron chi connectivity index (χ0n) is 12.5. The molecular formula is C17H25Cl2N. The molecule has 112 valence electrons. The van der Waals surface area contributed by atoms with Crippen molar-refractivity contribution in [3.8, 4) is 0 Å². The molecule has 1 fully saturated rings. The van der Waals surface area contributed by atoms with E-state index in [-0.39, 0.29) is 11.5 Å². The van der Waals surface area contributed by atoms with Gasteiger partial charge in [-0.3, -0.25) is 0 Å². The van der Waals surface area contributed by atoms with Crippen LogP contribution >= 0.6 is 23.2 Å². The van der Waals surface area contributed by atoms with Gasteiger partial charge in [0.25, 0.3) is 0 Å². The van der Waals surface area contributed by atoms with Gasteiger partial charge in [-0.05, 0) is 54.7 Å². The van der Waals surface area contributed by atoms with Crippen LogP contribution in [0.2, 0.25) is 10.0 Å². The number of hydrogen-bond acceptors (Lipinski definition) is 1. The minimum atomic E-state index is 0.143. The first-order valence-corrected chi connectivity index (χ1v) is 8.39. The van der Waals surface area contributed by atoms with Crippen molar-refractivity contribution in [3.63, 3.8) is 0 Å². The summed E-state index contributed by atoms with van der Waals surface area (Å²) >= 11 is 12.6. The first kappa shape index (κ1) is 16.1. The minimum Gasteiger partial charge on any atom is -0.327 e. The Kier molecular flexibility index (Phi) is 5.39. The Morgan fingerprint density at radius 3 is 2.20 bits per heavy atom. The maximum Gasteiger partial charge on any atom is 0.0453 e. The van der Waals surface area contributed by atoms with Crippen molar-refractivity contribution in [1.29, 1.82) is 0 Å². The van der Waals surface area contributed by atoms with Crippen LogP contribution in [-0.4, -0.2) is 6.04 Å². The lowest BCUT2D eigenvalue weighted by Crippen LogP contribution is -2.42. The zero-order valence-corrected chi connectivity index (χ0v) is 14.0. The molecular weight excluding hydrogens is 289 g/mol. The average molecular weight is 314 g/mol. The SMILES string of the molecule is CC(C)CC1(C(N)Cc2c(Cl)cccc2Cl)CCCC1. The summed E-state index contributed by atoms with van der Waals surface area (Å²) in [6, 6.07) is 5.84. The summed E-state index contributed by atoms with van der Waals surface area (Å²) in [7, 11) is 0. The van der Waals surface area contributed by atoms with E-state index in [1.807, 2.05) is 18.2 Å². The fourth-order valence-electron chi connectivity index (χ4n) is 3.78. The molecule has 1 aromatic rings. The predicted octanol–water partition coefficient (Wildman–Crippen LogP) is 5.47. The third-order valence-electron chi connectivity index (χ3n) is 4.69. The minimum absolute atomic E-state index is 0.143. The highest BCUT2D eigenvalue weighted by Crippen LogP contribution is 2.46. The number of hydrogen-bond donors (Lipinski definition) is 1. The third-order valence-corrected chi connectivity index (χ3v) is 5.39. The first-order chi connectivity index (χ1) is 9.44. The first-order valence-electron chi connectivity index (χ1n) is 7.63. The van der Waals surface area contributed by atoms with E-state index in [2.05, 4.69) is 13.8 Å². The monoisotopic (exact) mass is 313 g/mol. The molecule has 1 unspecified atom stereocenters. The normalized spacial score (nSPS) is 19.5. The fourth-order valence-corrected chi connectivity index (χ4v) is 4.33. The molecule has 0 radical (unpaired) electrons. The van der Waals surface area contributed by atoms with E-state index < -0.39 is 0 Å². The second-order valence-electron chi connectivity index (χ2n) is 6.68. The molecule has 0 aliphatic heterocycles. The largest absolute Gasteiger partial charge is 0.327 e. The van der Waals surface area contributed by atoms with Crippen molar-refractivity contribution in [2.45, 2.75) is 58.4 Å². The number of rotatable bonds is 5. The van der Waals surface area contributed by atoms with Crippen LogP contribution in [0.4, 0.5) is 0 Å². The quantitative estimate of drug-likeness (QED) is 0.766. The van der Waals surface area contributed by atoms with Crippen molar-refractivity contribution in [1.82, 2.24) is 0 Å². The van der Waals surface area contributed by atoms with Crippen molar-refractivity contribution in [2.24, 2.45) is 17.1 Å². The highest BCUT2D eigenvalue weighted by molar-refractivity contribution is 6.36. The standard InChI is InChI=1S/C17H25Cl2N/c1-12(2)11-17(8-3-4-9-17)16(20)10-13-14(18)6-5-7-15(13)19/h5-7,12,16H,3-4,8-11,20H2,1-2H3. The molecule has 0 spiro atoms. The summed E-state index contributed by atoms with van der Waals surface area (Å²) in [5, 5.41) is 1.48. The molecule has 1 nitrogen and oxygen atoms in total. The van der Waals surface area contributed by atoms with E-state index in [4.69, 9.17) is 28.9 Å².